The number of carbonyl (C=O) groups is 7. The number of nitrogens with zero attached hydrogens (tertiary/aromatic N) is 8. The number of nitrogens with one attached hydrogen (secondary N) is 5. The van der Waals surface area contributed by atoms with Gasteiger partial charge in [-0.25, -0.2) is 9.97 Å². The van der Waals surface area contributed by atoms with Crippen LogP contribution in [0.3, 0.4) is 0 Å². The minimum Gasteiger partial charge on any atom is -0.504 e. The van der Waals surface area contributed by atoms with E-state index < -0.39 is 181 Å². The van der Waals surface area contributed by atoms with E-state index in [-0.39, 0.29) is 30.5 Å². The fraction of sp³-hybridized carbons (Fsp3) is 0.609. The molecule has 0 spiro atoms. The molecule has 4 aliphatic heterocycles. The third-order valence-corrected chi connectivity index (χ3v) is 21.1. The van der Waals surface area contributed by atoms with E-state index in [2.05, 4.69) is 50.8 Å². The van der Waals surface area contributed by atoms with E-state index in [1.54, 1.807) is 0 Å². The fourth-order valence-electron chi connectivity index (χ4n) is 14.1. The number of benzene rings is 2. The van der Waals surface area contributed by atoms with Crippen molar-refractivity contribution >= 4 is 69.0 Å². The van der Waals surface area contributed by atoms with Gasteiger partial charge in [-0.2, -0.15) is 8.42 Å². The minimum atomic E-state index is -5.22. The van der Waals surface area contributed by atoms with Gasteiger partial charge in [-0.05, 0) is 93.5 Å². The number of fused-ring (bicyclic) bond motifs is 2. The average molecular weight is 1410 g/mol. The molecule has 2 saturated carbocycles. The summed E-state index contributed by atoms with van der Waals surface area (Å²) in [7, 11) is -5.22. The molecular formula is C64H88N14O18S2. The van der Waals surface area contributed by atoms with E-state index >= 15 is 0 Å². The predicted molar refractivity (Wildman–Crippen MR) is 351 cm³/mol. The van der Waals surface area contributed by atoms with Gasteiger partial charge < -0.3 is 86.9 Å². The minimum absolute atomic E-state index is 0.0175. The predicted octanol–water partition coefficient (Wildman–Crippen LogP) is -2.18. The number of aliphatic hydroxyl groups excluding tert-OH is 6. The number of phenols is 1. The monoisotopic (exact) mass is 1400 g/mol. The number of aliphatic hydroxyl groups is 6. The lowest BCUT2D eigenvalue weighted by Crippen LogP contribution is -2.64. The number of aromatic hydroxyl groups is 1. The van der Waals surface area contributed by atoms with Crippen LogP contribution < -0.4 is 41.4 Å². The molecule has 2 aliphatic carbocycles. The molecule has 4 saturated heterocycles. The van der Waals surface area contributed by atoms with Crippen LogP contribution in [0.2, 0.25) is 0 Å². The molecule has 6 heterocycles. The number of piperazine rings is 1. The molecule has 6 fully saturated rings. The van der Waals surface area contributed by atoms with Gasteiger partial charge in [0.1, 0.15) is 40.2 Å². The standard InChI is InChI=1S/C64H88N14O18S2/c1-33-30-78-54(55(33)86)59(90)67-29-42(80)23-44(66-26-35-7-10-39(11-8-35)60-73-74-61(97-60)40-14-12-38(13-15-40)41-27-68-64(69-28-41)76-19-17-75(18-20-76)31-36-5-3-4-6-36)56(87)70-51(34(2)79)62(91)77-32-43(81)24-45(77)57(88)71-52(58(89)72-53(63(78)92)48(84)25-50(65)85)47(83)21-37-9-16-46(82)49(22-37)96-98(93,94)95/h9,12-16,22,27-28,33-36,39,42-45,47-48,51-55,66,79-84,86H,3-8,10-11,17-21,23-26,29-32H2,1-2H3,(H2,65,85)(H,67,90)(H,70,87)(H,71,88)(H,72,89)(H,93,94,95)/t33-,34+,35?,39?,42+,43+,44-,45-,47+,48+,51-,52-,53-,54-,55-/m0/s1. The highest BCUT2D eigenvalue weighted by Crippen LogP contribution is 2.39. The number of hydrogen-bond acceptors (Lipinski definition) is 25. The molecule has 7 amide bonds. The first-order valence-electron chi connectivity index (χ1n) is 33.3. The van der Waals surface area contributed by atoms with Gasteiger partial charge in [-0.3, -0.25) is 43.0 Å². The van der Waals surface area contributed by atoms with Gasteiger partial charge in [0.25, 0.3) is 0 Å². The van der Waals surface area contributed by atoms with Crippen LogP contribution in [0.15, 0.2) is 54.9 Å². The molecule has 10 rings (SSSR count). The number of amides is 7. The summed E-state index contributed by atoms with van der Waals surface area (Å²) in [4.78, 5) is 116. The maximum Gasteiger partial charge on any atom is 0.446 e. The Morgan fingerprint density at radius 2 is 1.40 bits per heavy atom. The number of β-amino-alcohol motifs (C(OH)–C–C–N with tert-alkyl or cyclic N) is 1. The van der Waals surface area contributed by atoms with Gasteiger partial charge >= 0.3 is 10.4 Å². The third kappa shape index (κ3) is 18.2. The van der Waals surface area contributed by atoms with Crippen molar-refractivity contribution in [3.05, 3.63) is 65.4 Å². The Bertz CT molecular complexity index is 3590. The molecule has 34 heteroatoms. The van der Waals surface area contributed by atoms with Gasteiger partial charge in [0, 0.05) is 101 Å². The van der Waals surface area contributed by atoms with Crippen LogP contribution in [0.5, 0.6) is 11.5 Å². The van der Waals surface area contributed by atoms with E-state index in [0.29, 0.717) is 12.8 Å². The Morgan fingerprint density at radius 1 is 0.745 bits per heavy atom. The van der Waals surface area contributed by atoms with Crippen LogP contribution in [-0.4, -0.2) is 257 Å². The van der Waals surface area contributed by atoms with Crippen molar-refractivity contribution in [3.8, 4) is 33.2 Å². The quantitative estimate of drug-likeness (QED) is 0.0471. The fourth-order valence-corrected chi connectivity index (χ4v) is 15.5. The van der Waals surface area contributed by atoms with Crippen molar-refractivity contribution in [3.63, 3.8) is 0 Å². The van der Waals surface area contributed by atoms with Crippen molar-refractivity contribution in [1.29, 1.82) is 0 Å². The van der Waals surface area contributed by atoms with Crippen molar-refractivity contribution in [2.45, 2.75) is 170 Å². The van der Waals surface area contributed by atoms with Crippen molar-refractivity contribution in [2.24, 2.45) is 23.5 Å². The number of aromatic nitrogens is 4. The summed E-state index contributed by atoms with van der Waals surface area (Å²) in [6, 6.07) is -0.196. The number of carbonyl (C=O) groups excluding carboxylic acids is 7. The van der Waals surface area contributed by atoms with Crippen molar-refractivity contribution in [2.75, 3.05) is 63.8 Å². The van der Waals surface area contributed by atoms with Crippen LogP contribution in [0.25, 0.3) is 21.7 Å². The Labute approximate surface area is 570 Å². The molecule has 0 bridgehead atoms. The Hall–Kier alpha value is -7.64. The first-order chi connectivity index (χ1) is 46.7. The summed E-state index contributed by atoms with van der Waals surface area (Å²) in [6.45, 7) is 6.36. The van der Waals surface area contributed by atoms with E-state index in [1.165, 1.54) is 57.4 Å². The lowest BCUT2D eigenvalue weighted by molar-refractivity contribution is -0.147. The lowest BCUT2D eigenvalue weighted by Gasteiger charge is -2.35. The van der Waals surface area contributed by atoms with Crippen LogP contribution in [0.1, 0.15) is 101 Å². The number of rotatable bonds is 18. The van der Waals surface area contributed by atoms with Crippen LogP contribution in [-0.2, 0) is 50.4 Å². The van der Waals surface area contributed by atoms with Gasteiger partial charge in [0.2, 0.25) is 47.3 Å². The second-order valence-electron chi connectivity index (χ2n) is 26.9. The second kappa shape index (κ2) is 32.1. The highest BCUT2D eigenvalue weighted by atomic mass is 32.3. The largest absolute Gasteiger partial charge is 0.504 e. The molecule has 32 nitrogen and oxygen atoms in total. The van der Waals surface area contributed by atoms with Gasteiger partial charge in [-0.1, -0.05) is 61.4 Å². The Balaban J connectivity index is 0.830. The second-order valence-corrected chi connectivity index (χ2v) is 28.9. The van der Waals surface area contributed by atoms with E-state index in [0.717, 1.165) is 106 Å². The van der Waals surface area contributed by atoms with E-state index in [4.69, 9.17) is 15.7 Å². The van der Waals surface area contributed by atoms with Crippen molar-refractivity contribution in [1.82, 2.24) is 61.4 Å². The zero-order valence-electron chi connectivity index (χ0n) is 54.4. The number of phenolic OH excluding ortho intramolecular Hbond substituents is 1. The third-order valence-electron chi connectivity index (χ3n) is 19.6. The summed E-state index contributed by atoms with van der Waals surface area (Å²) >= 11 is 1.52. The highest BCUT2D eigenvalue weighted by Gasteiger charge is 2.50. The maximum atomic E-state index is 14.7. The van der Waals surface area contributed by atoms with Gasteiger partial charge in [0.05, 0.1) is 49.1 Å². The maximum absolute atomic E-state index is 14.7. The molecular weight excluding hydrogens is 1320 g/mol. The summed E-state index contributed by atoms with van der Waals surface area (Å²) in [6.07, 6.45) is -1.32. The molecule has 0 radical (unpaired) electrons. The molecule has 15 N–H and O–H groups in total. The molecule has 2 aromatic heterocycles. The van der Waals surface area contributed by atoms with Crippen molar-refractivity contribution < 1.29 is 86.5 Å². The average Bonchev–Trinajstić information content (AvgIpc) is 1.63. The summed E-state index contributed by atoms with van der Waals surface area (Å²) in [5.41, 5.74) is 8.08. The molecule has 4 aromatic rings. The first kappa shape index (κ1) is 73.1. The van der Waals surface area contributed by atoms with Crippen LogP contribution in [0, 0.1) is 17.8 Å². The smallest absolute Gasteiger partial charge is 0.446 e. The molecule has 534 valence electrons. The topological polar surface area (TPSA) is 475 Å². The highest BCUT2D eigenvalue weighted by molar-refractivity contribution is 7.81. The van der Waals surface area contributed by atoms with Gasteiger partial charge in [-0.15, -0.1) is 10.2 Å². The zero-order chi connectivity index (χ0) is 70.3. The number of anilines is 1. The van der Waals surface area contributed by atoms with Crippen LogP contribution >= 0.6 is 11.3 Å². The van der Waals surface area contributed by atoms with E-state index in [9.17, 15) is 82.3 Å². The number of primary amides is 1. The normalized spacial score (nSPS) is 28.8. The van der Waals surface area contributed by atoms with Gasteiger partial charge in [0.15, 0.2) is 11.5 Å². The zero-order valence-corrected chi connectivity index (χ0v) is 56.0. The molecule has 98 heavy (non-hydrogen) atoms. The number of nitrogens with two attached hydrogens (primary N) is 1. The first-order valence-corrected chi connectivity index (χ1v) is 35.5. The summed E-state index contributed by atoms with van der Waals surface area (Å²) < 4.78 is 36.9. The number of hydrogen-bond donors (Lipinski definition) is 14. The molecule has 13 atom stereocenters. The summed E-state index contributed by atoms with van der Waals surface area (Å²) in [5.74, 6) is -9.01. The van der Waals surface area contributed by atoms with E-state index in [1.807, 2.05) is 36.7 Å². The van der Waals surface area contributed by atoms with Crippen LogP contribution in [0.4, 0.5) is 5.95 Å². The lowest BCUT2D eigenvalue weighted by atomic mass is 9.82. The SMILES string of the molecule is C[C@@H](O)[C@@H]1NC(=O)[C@@H](NCC2CCC(c3nnc(-c4ccc(-c5cnc(N6CCN(CC7CCCC7)CC6)nc5)cc4)s3)CC2)C[C@@H](O)CNC(=O)[C@@H]2[C@@H](O)[C@@H](C)CN2C(=O)[C@H]([C@H](O)CC(N)=O)NC(=O)[C@H]([C@H](O)Cc2ccc(O)c(OS(=O)(=O)O)c2)NC(=O)[C@@H]2C[C@@H](O)CN2C1=O. The molecule has 0 unspecified atom stereocenters. The Kier molecular flexibility index (Phi) is 24.0. The molecule has 2 aromatic carbocycles. The molecule has 6 aliphatic rings. The Morgan fingerprint density at radius 3 is 2.06 bits per heavy atom. The summed E-state index contributed by atoms with van der Waals surface area (Å²) in [5, 5.41) is 102.